The van der Waals surface area contributed by atoms with E-state index in [2.05, 4.69) is 20.1 Å². The molecular formula is C28H32O6. The van der Waals surface area contributed by atoms with Crippen molar-refractivity contribution in [3.05, 3.63) is 59.7 Å². The number of carbonyl (C=O) groups is 2. The van der Waals surface area contributed by atoms with Gasteiger partial charge in [-0.3, -0.25) is 0 Å². The number of fused-ring (bicyclic) bond motifs is 6. The van der Waals surface area contributed by atoms with Crippen molar-refractivity contribution in [2.75, 3.05) is 26.4 Å². The highest BCUT2D eigenvalue weighted by Crippen LogP contribution is 2.63. The number of rotatable bonds is 10. The molecule has 0 saturated heterocycles. The molecule has 2 aliphatic carbocycles. The first kappa shape index (κ1) is 23.9. The van der Waals surface area contributed by atoms with Crippen LogP contribution in [0, 0.1) is 5.92 Å². The second-order valence-electron chi connectivity index (χ2n) is 9.21. The Balaban J connectivity index is 1.63. The molecule has 0 N–H and O–H groups in total. The molecular weight excluding hydrogens is 432 g/mol. The van der Waals surface area contributed by atoms with Gasteiger partial charge in [-0.1, -0.05) is 44.3 Å². The Kier molecular flexibility index (Phi) is 6.96. The summed E-state index contributed by atoms with van der Waals surface area (Å²) < 4.78 is 23.0. The molecule has 6 nitrogen and oxygen atoms in total. The minimum atomic E-state index is -0.414. The van der Waals surface area contributed by atoms with E-state index in [0.717, 1.165) is 35.1 Å². The number of hydrogen-bond donors (Lipinski definition) is 0. The summed E-state index contributed by atoms with van der Waals surface area (Å²) >= 11 is 0. The fourth-order valence-corrected chi connectivity index (χ4v) is 5.24. The zero-order valence-corrected chi connectivity index (χ0v) is 20.1. The zero-order valence-electron chi connectivity index (χ0n) is 20.1. The summed E-state index contributed by atoms with van der Waals surface area (Å²) in [5, 5.41) is 1.95. The summed E-state index contributed by atoms with van der Waals surface area (Å²) in [7, 11) is 0. The van der Waals surface area contributed by atoms with Gasteiger partial charge in [-0.05, 0) is 44.4 Å². The van der Waals surface area contributed by atoms with Gasteiger partial charge in [-0.15, -0.1) is 0 Å². The van der Waals surface area contributed by atoms with Crippen LogP contribution in [0.4, 0.5) is 0 Å². The van der Waals surface area contributed by atoms with Crippen molar-refractivity contribution in [3.8, 4) is 11.5 Å². The number of carbonyl (C=O) groups excluding carboxylic acids is 2. The zero-order chi connectivity index (χ0) is 24.4. The quantitative estimate of drug-likeness (QED) is 0.265. The second kappa shape index (κ2) is 9.92. The monoisotopic (exact) mass is 464 g/mol. The van der Waals surface area contributed by atoms with Crippen LogP contribution in [-0.2, 0) is 19.1 Å². The molecule has 0 radical (unpaired) electrons. The van der Waals surface area contributed by atoms with Crippen molar-refractivity contribution < 1.29 is 28.5 Å². The van der Waals surface area contributed by atoms with E-state index in [9.17, 15) is 9.59 Å². The van der Waals surface area contributed by atoms with Crippen LogP contribution >= 0.6 is 0 Å². The topological polar surface area (TPSA) is 71.1 Å². The lowest BCUT2D eigenvalue weighted by molar-refractivity contribution is -0.140. The molecule has 4 rings (SSSR count). The average Bonchev–Trinajstić information content (AvgIpc) is 3.32. The Hall–Kier alpha value is -3.28. The second-order valence-corrected chi connectivity index (χ2v) is 9.21. The maximum Gasteiger partial charge on any atom is 0.333 e. The van der Waals surface area contributed by atoms with Gasteiger partial charge in [-0.2, -0.15) is 0 Å². The van der Waals surface area contributed by atoms with Gasteiger partial charge in [0, 0.05) is 33.0 Å². The molecule has 2 atom stereocenters. The van der Waals surface area contributed by atoms with Crippen molar-refractivity contribution in [1.29, 1.82) is 0 Å². The molecule has 0 aliphatic heterocycles. The standard InChI is InChI=1S/C28H32O6/c1-16(2)27(29)33-14-12-31-25-21-8-6-7-9-22(21)26(32-13-15-34-28(30)17(3)4)24-20-11-10-19(18(20)5)23(24)25/h6-9,18-20H,1,3,10-15H2,2,4-5H3. The molecule has 2 aromatic carbocycles. The highest BCUT2D eigenvalue weighted by Gasteiger charge is 2.47. The molecule has 1 saturated carbocycles. The SMILES string of the molecule is C=C(C)C(=O)OCCOc1c2c(c(OCCOC(=O)C(=C)C)c3ccccc13)C1CCC2C1C. The summed E-state index contributed by atoms with van der Waals surface area (Å²) in [5.41, 5.74) is 3.16. The summed E-state index contributed by atoms with van der Waals surface area (Å²) in [6.07, 6.45) is 2.24. The lowest BCUT2D eigenvalue weighted by atomic mass is 9.87. The Bertz CT molecular complexity index is 1060. The normalized spacial score (nSPS) is 20.0. The van der Waals surface area contributed by atoms with E-state index in [-0.39, 0.29) is 26.4 Å². The molecule has 0 amide bonds. The van der Waals surface area contributed by atoms with E-state index in [0.29, 0.717) is 28.9 Å². The van der Waals surface area contributed by atoms with Crippen LogP contribution < -0.4 is 9.47 Å². The van der Waals surface area contributed by atoms with Crippen LogP contribution in [0.15, 0.2) is 48.6 Å². The molecule has 180 valence electrons. The number of hydrogen-bond acceptors (Lipinski definition) is 6. The fourth-order valence-electron chi connectivity index (χ4n) is 5.24. The van der Waals surface area contributed by atoms with Crippen molar-refractivity contribution in [2.45, 2.75) is 45.4 Å². The van der Waals surface area contributed by atoms with E-state index in [1.54, 1.807) is 13.8 Å². The van der Waals surface area contributed by atoms with Gasteiger partial charge < -0.3 is 18.9 Å². The number of benzene rings is 2. The van der Waals surface area contributed by atoms with Gasteiger partial charge in [0.05, 0.1) is 0 Å². The maximum absolute atomic E-state index is 11.7. The highest BCUT2D eigenvalue weighted by molar-refractivity contribution is 5.97. The van der Waals surface area contributed by atoms with Crippen LogP contribution in [-0.4, -0.2) is 38.4 Å². The van der Waals surface area contributed by atoms with E-state index < -0.39 is 11.9 Å². The van der Waals surface area contributed by atoms with E-state index in [1.165, 1.54) is 11.1 Å². The smallest absolute Gasteiger partial charge is 0.333 e. The first-order valence-corrected chi connectivity index (χ1v) is 11.8. The van der Waals surface area contributed by atoms with Crippen molar-refractivity contribution >= 4 is 22.7 Å². The average molecular weight is 465 g/mol. The Labute approximate surface area is 200 Å². The molecule has 0 heterocycles. The van der Waals surface area contributed by atoms with E-state index >= 15 is 0 Å². The Morgan fingerprint density at radius 3 is 1.59 bits per heavy atom. The minimum Gasteiger partial charge on any atom is -0.489 e. The van der Waals surface area contributed by atoms with Crippen LogP contribution in [0.2, 0.25) is 0 Å². The number of esters is 2. The van der Waals surface area contributed by atoms with Gasteiger partial charge >= 0.3 is 11.9 Å². The summed E-state index contributed by atoms with van der Waals surface area (Å²) in [4.78, 5) is 23.4. The van der Waals surface area contributed by atoms with Gasteiger partial charge in [0.25, 0.3) is 0 Å². The molecule has 6 heteroatoms. The predicted octanol–water partition coefficient (Wildman–Crippen LogP) is 5.45. The third-order valence-corrected chi connectivity index (χ3v) is 6.82. The third-order valence-electron chi connectivity index (χ3n) is 6.82. The molecule has 0 spiro atoms. The van der Waals surface area contributed by atoms with Crippen LogP contribution in [0.5, 0.6) is 11.5 Å². The molecule has 2 unspecified atom stereocenters. The van der Waals surface area contributed by atoms with Gasteiger partial charge in [-0.25, -0.2) is 9.59 Å². The van der Waals surface area contributed by atoms with Crippen molar-refractivity contribution in [1.82, 2.24) is 0 Å². The lowest BCUT2D eigenvalue weighted by Crippen LogP contribution is -2.15. The van der Waals surface area contributed by atoms with Crippen molar-refractivity contribution in [2.24, 2.45) is 5.92 Å². The molecule has 2 bridgehead atoms. The van der Waals surface area contributed by atoms with Crippen LogP contribution in [0.25, 0.3) is 10.8 Å². The van der Waals surface area contributed by atoms with Gasteiger partial charge in [0.15, 0.2) is 0 Å². The molecule has 0 aromatic heterocycles. The molecule has 2 aliphatic rings. The Morgan fingerprint density at radius 1 is 0.794 bits per heavy atom. The summed E-state index contributed by atoms with van der Waals surface area (Å²) in [5.74, 6) is 2.19. The van der Waals surface area contributed by atoms with Crippen molar-refractivity contribution in [3.63, 3.8) is 0 Å². The first-order chi connectivity index (χ1) is 16.3. The Morgan fingerprint density at radius 2 is 1.21 bits per heavy atom. The number of ether oxygens (including phenoxy) is 4. The predicted molar refractivity (Wildman–Crippen MR) is 130 cm³/mol. The summed E-state index contributed by atoms with van der Waals surface area (Å²) in [6.45, 7) is 13.6. The van der Waals surface area contributed by atoms with E-state index in [4.69, 9.17) is 18.9 Å². The van der Waals surface area contributed by atoms with Gasteiger partial charge in [0.1, 0.15) is 37.9 Å². The fraction of sp³-hybridized carbons (Fsp3) is 0.429. The highest BCUT2D eigenvalue weighted by atomic mass is 16.6. The third kappa shape index (κ3) is 4.41. The van der Waals surface area contributed by atoms with Gasteiger partial charge in [0.2, 0.25) is 0 Å². The van der Waals surface area contributed by atoms with E-state index in [1.807, 2.05) is 24.3 Å². The van der Waals surface area contributed by atoms with Crippen LogP contribution in [0.3, 0.4) is 0 Å². The first-order valence-electron chi connectivity index (χ1n) is 11.8. The molecule has 34 heavy (non-hydrogen) atoms. The maximum atomic E-state index is 11.7. The lowest BCUT2D eigenvalue weighted by Gasteiger charge is -2.25. The summed E-state index contributed by atoms with van der Waals surface area (Å²) in [6, 6.07) is 8.04. The molecule has 2 aromatic rings. The van der Waals surface area contributed by atoms with Crippen LogP contribution in [0.1, 0.15) is 56.6 Å². The minimum absolute atomic E-state index is 0.158. The largest absolute Gasteiger partial charge is 0.489 e. The molecule has 1 fully saturated rings.